The second-order valence-electron chi connectivity index (χ2n) is 8.46. The molecule has 1 unspecified atom stereocenters. The van der Waals surface area contributed by atoms with Gasteiger partial charge in [-0.2, -0.15) is 0 Å². The summed E-state index contributed by atoms with van der Waals surface area (Å²) >= 11 is 0. The van der Waals surface area contributed by atoms with Crippen LogP contribution in [0.4, 0.5) is 19.1 Å². The second kappa shape index (κ2) is 7.72. The first kappa shape index (κ1) is 21.2. The number of rotatable bonds is 4. The lowest BCUT2D eigenvalue weighted by atomic mass is 10.1. The van der Waals surface area contributed by atoms with Gasteiger partial charge in [0.2, 0.25) is 5.95 Å². The Bertz CT molecular complexity index is 1320. The van der Waals surface area contributed by atoms with Crippen molar-refractivity contribution in [3.63, 3.8) is 0 Å². The maximum Gasteiger partial charge on any atom is 0.256 e. The molecule has 7 nitrogen and oxygen atoms in total. The molecule has 5 rings (SSSR count). The minimum absolute atomic E-state index is 0.0158. The minimum atomic E-state index is -0.755. The molecule has 2 aromatic heterocycles. The van der Waals surface area contributed by atoms with Gasteiger partial charge in [-0.15, -0.1) is 0 Å². The van der Waals surface area contributed by atoms with Crippen LogP contribution in [0.3, 0.4) is 0 Å². The van der Waals surface area contributed by atoms with Crippen molar-refractivity contribution in [3.05, 3.63) is 76.1 Å². The van der Waals surface area contributed by atoms with Gasteiger partial charge in [0.05, 0.1) is 17.5 Å². The van der Waals surface area contributed by atoms with Crippen molar-refractivity contribution in [1.82, 2.24) is 19.4 Å². The number of likely N-dealkylation sites (tertiary alicyclic amines) is 1. The van der Waals surface area contributed by atoms with Gasteiger partial charge in [0.15, 0.2) is 5.82 Å². The molecule has 1 saturated heterocycles. The fourth-order valence-corrected chi connectivity index (χ4v) is 4.76. The van der Waals surface area contributed by atoms with Crippen LogP contribution < -0.4 is 10.5 Å². The summed E-state index contributed by atoms with van der Waals surface area (Å²) < 4.78 is 43.1. The van der Waals surface area contributed by atoms with E-state index in [0.29, 0.717) is 19.0 Å². The third-order valence-corrected chi connectivity index (χ3v) is 6.52. The average Bonchev–Trinajstić information content (AvgIpc) is 3.29. The lowest BCUT2D eigenvalue weighted by Crippen LogP contribution is -2.38. The monoisotopic (exact) mass is 455 g/mol. The minimum Gasteiger partial charge on any atom is -0.342 e. The maximum atomic E-state index is 14.2. The molecule has 3 atom stereocenters. The highest BCUT2D eigenvalue weighted by atomic mass is 19.1. The van der Waals surface area contributed by atoms with Crippen LogP contribution in [0, 0.1) is 29.3 Å². The number of hydrogen-bond acceptors (Lipinski definition) is 5. The standard InChI is InChI=1S/C23H20F3N5O2/c1-29-20(32)8-19(13-5-6-27-9-18(13)26)28-23(29)30(2)21-15-10-31(11-16(15)21)22(33)14-7-12(24)3-4-17(14)25/h3-9,15-16,21H,10-11H2,1-2H3/t15-,16+,21?. The molecule has 33 heavy (non-hydrogen) atoms. The number of hydrogen-bond donors (Lipinski definition) is 0. The molecule has 3 heterocycles. The van der Waals surface area contributed by atoms with Crippen molar-refractivity contribution in [3.8, 4) is 11.3 Å². The Morgan fingerprint density at radius 1 is 1.09 bits per heavy atom. The molecule has 3 aromatic rings. The van der Waals surface area contributed by atoms with Crippen LogP contribution in [0.15, 0.2) is 47.5 Å². The summed E-state index contributed by atoms with van der Waals surface area (Å²) in [6.07, 6.45) is 2.50. The molecular weight excluding hydrogens is 435 g/mol. The summed E-state index contributed by atoms with van der Waals surface area (Å²) in [5.41, 5.74) is -0.217. The normalized spacial score (nSPS) is 21.1. The van der Waals surface area contributed by atoms with Gasteiger partial charge in [-0.25, -0.2) is 18.2 Å². The van der Waals surface area contributed by atoms with E-state index in [1.165, 1.54) is 27.8 Å². The van der Waals surface area contributed by atoms with Crippen molar-refractivity contribution < 1.29 is 18.0 Å². The highest BCUT2D eigenvalue weighted by molar-refractivity contribution is 5.95. The Kier molecular flexibility index (Phi) is 4.95. The Morgan fingerprint density at radius 2 is 1.82 bits per heavy atom. The number of anilines is 1. The Balaban J connectivity index is 1.35. The summed E-state index contributed by atoms with van der Waals surface area (Å²) in [5.74, 6) is -1.95. The third kappa shape index (κ3) is 3.55. The number of pyridine rings is 1. The van der Waals surface area contributed by atoms with Crippen LogP contribution in [0.25, 0.3) is 11.3 Å². The molecule has 2 fully saturated rings. The number of carbonyl (C=O) groups is 1. The first-order valence-corrected chi connectivity index (χ1v) is 10.4. The molecule has 1 saturated carbocycles. The molecule has 1 aromatic carbocycles. The molecular formula is C23H20F3N5O2. The van der Waals surface area contributed by atoms with E-state index >= 15 is 0 Å². The van der Waals surface area contributed by atoms with Crippen molar-refractivity contribution in [2.75, 3.05) is 25.0 Å². The molecule has 0 radical (unpaired) electrons. The molecule has 1 aliphatic carbocycles. The molecule has 2 aliphatic rings. The zero-order valence-electron chi connectivity index (χ0n) is 17.9. The van der Waals surface area contributed by atoms with E-state index in [-0.39, 0.29) is 40.3 Å². The van der Waals surface area contributed by atoms with Crippen molar-refractivity contribution in [1.29, 1.82) is 0 Å². The van der Waals surface area contributed by atoms with Gasteiger partial charge < -0.3 is 9.80 Å². The number of piperidine rings is 1. The summed E-state index contributed by atoms with van der Waals surface area (Å²) in [6.45, 7) is 0.780. The fourth-order valence-electron chi connectivity index (χ4n) is 4.76. The number of amides is 1. The summed E-state index contributed by atoms with van der Waals surface area (Å²) in [7, 11) is 3.39. The first-order valence-electron chi connectivity index (χ1n) is 10.4. The van der Waals surface area contributed by atoms with Gasteiger partial charge in [-0.05, 0) is 24.3 Å². The number of nitrogens with zero attached hydrogens (tertiary/aromatic N) is 5. The van der Waals surface area contributed by atoms with Crippen LogP contribution in [0.5, 0.6) is 0 Å². The van der Waals surface area contributed by atoms with Crippen LogP contribution in [-0.4, -0.2) is 51.5 Å². The summed E-state index contributed by atoms with van der Waals surface area (Å²) in [5, 5.41) is 0. The van der Waals surface area contributed by atoms with Crippen molar-refractivity contribution >= 4 is 11.9 Å². The number of aromatic nitrogens is 3. The van der Waals surface area contributed by atoms with E-state index in [2.05, 4.69) is 9.97 Å². The SMILES string of the molecule is CN(c1nc(-c2ccncc2F)cc(=O)n1C)C1[C@H]2CN(C(=O)c3cc(F)ccc3F)C[C@@H]12. The molecule has 1 amide bonds. The number of carbonyl (C=O) groups excluding carboxylic acids is 1. The summed E-state index contributed by atoms with van der Waals surface area (Å²) in [4.78, 5) is 36.8. The van der Waals surface area contributed by atoms with E-state index in [1.807, 2.05) is 4.90 Å². The topological polar surface area (TPSA) is 71.3 Å². The van der Waals surface area contributed by atoms with Gasteiger partial charge in [0, 0.05) is 62.9 Å². The van der Waals surface area contributed by atoms with Gasteiger partial charge in [-0.3, -0.25) is 19.1 Å². The third-order valence-electron chi connectivity index (χ3n) is 6.52. The van der Waals surface area contributed by atoms with E-state index < -0.39 is 23.4 Å². The van der Waals surface area contributed by atoms with Crippen molar-refractivity contribution in [2.24, 2.45) is 18.9 Å². The Hall–Kier alpha value is -3.69. The van der Waals surface area contributed by atoms with E-state index in [0.717, 1.165) is 24.4 Å². The Morgan fingerprint density at radius 3 is 2.52 bits per heavy atom. The van der Waals surface area contributed by atoms with Crippen LogP contribution in [0.1, 0.15) is 10.4 Å². The predicted molar refractivity (Wildman–Crippen MR) is 114 cm³/mol. The Labute approximate surface area is 187 Å². The first-order chi connectivity index (χ1) is 15.8. The quantitative estimate of drug-likeness (QED) is 0.605. The highest BCUT2D eigenvalue weighted by Crippen LogP contribution is 2.49. The smallest absolute Gasteiger partial charge is 0.256 e. The molecule has 0 N–H and O–H groups in total. The second-order valence-corrected chi connectivity index (χ2v) is 8.46. The van der Waals surface area contributed by atoms with E-state index in [4.69, 9.17) is 0 Å². The predicted octanol–water partition coefficient (Wildman–Crippen LogP) is 2.47. The number of benzene rings is 1. The highest BCUT2D eigenvalue weighted by Gasteiger charge is 2.59. The molecule has 10 heteroatoms. The van der Waals surface area contributed by atoms with Crippen LogP contribution >= 0.6 is 0 Å². The van der Waals surface area contributed by atoms with Gasteiger partial charge >= 0.3 is 0 Å². The number of fused-ring (bicyclic) bond motifs is 1. The van der Waals surface area contributed by atoms with E-state index in [9.17, 15) is 22.8 Å². The largest absolute Gasteiger partial charge is 0.342 e. The van der Waals surface area contributed by atoms with Gasteiger partial charge in [-0.1, -0.05) is 0 Å². The molecule has 0 spiro atoms. The summed E-state index contributed by atoms with van der Waals surface area (Å²) in [6, 6.07) is 5.58. The van der Waals surface area contributed by atoms with Gasteiger partial charge in [0.25, 0.3) is 11.5 Å². The molecule has 170 valence electrons. The van der Waals surface area contributed by atoms with Crippen LogP contribution in [0.2, 0.25) is 0 Å². The maximum absolute atomic E-state index is 14.2. The van der Waals surface area contributed by atoms with E-state index in [1.54, 1.807) is 14.1 Å². The van der Waals surface area contributed by atoms with Crippen LogP contribution in [-0.2, 0) is 7.05 Å². The lowest BCUT2D eigenvalue weighted by Gasteiger charge is -2.26. The van der Waals surface area contributed by atoms with Crippen molar-refractivity contribution in [2.45, 2.75) is 6.04 Å². The lowest BCUT2D eigenvalue weighted by molar-refractivity contribution is 0.0767. The molecule has 1 aliphatic heterocycles. The van der Waals surface area contributed by atoms with Gasteiger partial charge in [0.1, 0.15) is 11.6 Å². The zero-order chi connectivity index (χ0) is 23.4. The molecule has 0 bridgehead atoms. The average molecular weight is 455 g/mol. The number of halogens is 3. The zero-order valence-corrected chi connectivity index (χ0v) is 17.9. The fraction of sp³-hybridized carbons (Fsp3) is 0.304.